The van der Waals surface area contributed by atoms with Gasteiger partial charge < -0.3 is 10.7 Å². The Bertz CT molecular complexity index is 358. The number of aromatic amines is 1. The maximum absolute atomic E-state index is 5.77. The molecule has 0 radical (unpaired) electrons. The standard InChI is InChI=1S/C7H9N3S2/c8-5-4-2-1-3-12-6(4)10-7(11)9-5/h1-3H2,(H3,8,9,10,11). The van der Waals surface area contributed by atoms with Crippen LogP contribution >= 0.6 is 24.0 Å². The molecule has 0 saturated heterocycles. The second-order valence-corrected chi connectivity index (χ2v) is 4.16. The van der Waals surface area contributed by atoms with E-state index in [9.17, 15) is 0 Å². The predicted molar refractivity (Wildman–Crippen MR) is 52.9 cm³/mol. The normalized spacial score (nSPS) is 15.7. The quantitative estimate of drug-likeness (QED) is 0.494. The lowest BCUT2D eigenvalue weighted by Crippen LogP contribution is -2.07. The highest BCUT2D eigenvalue weighted by atomic mass is 32.2. The number of nitrogens with two attached hydrogens (primary N) is 1. The van der Waals surface area contributed by atoms with Crippen LogP contribution in [0, 0.1) is 4.77 Å². The molecule has 0 unspecified atom stereocenters. The molecule has 1 aliphatic heterocycles. The SMILES string of the molecule is Nc1[nH]c(=S)nc2c1CCCS2. The topological polar surface area (TPSA) is 54.7 Å². The minimum atomic E-state index is 0.487. The number of nitrogens with zero attached hydrogens (tertiary/aromatic N) is 1. The average Bonchev–Trinajstić information content (AvgIpc) is 2.04. The van der Waals surface area contributed by atoms with Crippen LogP contribution in [0.1, 0.15) is 12.0 Å². The van der Waals surface area contributed by atoms with Crippen molar-refractivity contribution in [1.82, 2.24) is 9.97 Å². The zero-order chi connectivity index (χ0) is 8.55. The molecule has 0 bridgehead atoms. The molecule has 0 spiro atoms. The number of fused-ring (bicyclic) bond motifs is 1. The summed E-state index contributed by atoms with van der Waals surface area (Å²) in [6, 6.07) is 0. The summed E-state index contributed by atoms with van der Waals surface area (Å²) in [5.41, 5.74) is 6.91. The van der Waals surface area contributed by atoms with Crippen molar-refractivity contribution >= 4 is 29.8 Å². The third kappa shape index (κ3) is 1.34. The number of H-pyrrole nitrogens is 1. The zero-order valence-electron chi connectivity index (χ0n) is 6.46. The van der Waals surface area contributed by atoms with Gasteiger partial charge in [0.25, 0.3) is 0 Å². The number of hydrogen-bond acceptors (Lipinski definition) is 4. The Kier molecular flexibility index (Phi) is 2.06. The molecule has 2 heterocycles. The largest absolute Gasteiger partial charge is 0.385 e. The number of nitrogen functional groups attached to an aromatic ring is 1. The summed E-state index contributed by atoms with van der Waals surface area (Å²) in [5.74, 6) is 1.82. The van der Waals surface area contributed by atoms with Crippen molar-refractivity contribution in [2.24, 2.45) is 0 Å². The van der Waals surface area contributed by atoms with E-state index in [1.165, 1.54) is 6.42 Å². The fraction of sp³-hybridized carbons (Fsp3) is 0.429. The second kappa shape index (κ2) is 3.06. The smallest absolute Gasteiger partial charge is 0.199 e. The first kappa shape index (κ1) is 8.07. The van der Waals surface area contributed by atoms with Crippen LogP contribution in [-0.2, 0) is 6.42 Å². The number of rotatable bonds is 0. The number of nitrogens with one attached hydrogen (secondary N) is 1. The molecule has 0 atom stereocenters. The van der Waals surface area contributed by atoms with Crippen molar-refractivity contribution in [1.29, 1.82) is 0 Å². The molecule has 3 nitrogen and oxygen atoms in total. The lowest BCUT2D eigenvalue weighted by molar-refractivity contribution is 0.839. The van der Waals surface area contributed by atoms with E-state index in [2.05, 4.69) is 9.97 Å². The van der Waals surface area contributed by atoms with Gasteiger partial charge in [-0.15, -0.1) is 11.8 Å². The molecule has 0 aromatic carbocycles. The van der Waals surface area contributed by atoms with Crippen molar-refractivity contribution in [2.75, 3.05) is 11.5 Å². The fourth-order valence-electron chi connectivity index (χ4n) is 1.27. The molecule has 2 rings (SSSR count). The summed E-state index contributed by atoms with van der Waals surface area (Å²) < 4.78 is 0.487. The van der Waals surface area contributed by atoms with Crippen LogP contribution in [0.3, 0.4) is 0 Å². The van der Waals surface area contributed by atoms with Crippen molar-refractivity contribution in [3.05, 3.63) is 10.3 Å². The molecule has 5 heteroatoms. The molecule has 12 heavy (non-hydrogen) atoms. The van der Waals surface area contributed by atoms with Crippen LogP contribution in [0.5, 0.6) is 0 Å². The van der Waals surface area contributed by atoms with E-state index in [4.69, 9.17) is 18.0 Å². The van der Waals surface area contributed by atoms with E-state index in [1.54, 1.807) is 11.8 Å². The van der Waals surface area contributed by atoms with Gasteiger partial charge in [0.05, 0.1) is 0 Å². The highest BCUT2D eigenvalue weighted by Gasteiger charge is 2.13. The van der Waals surface area contributed by atoms with E-state index in [1.807, 2.05) is 0 Å². The third-order valence-corrected chi connectivity index (χ3v) is 3.14. The zero-order valence-corrected chi connectivity index (χ0v) is 8.10. The van der Waals surface area contributed by atoms with E-state index in [0.717, 1.165) is 22.8 Å². The highest BCUT2D eigenvalue weighted by Crippen LogP contribution is 2.30. The summed E-state index contributed by atoms with van der Waals surface area (Å²) in [6.45, 7) is 0. The lowest BCUT2D eigenvalue weighted by atomic mass is 10.2. The van der Waals surface area contributed by atoms with E-state index in [0.29, 0.717) is 10.6 Å². The molecular formula is C7H9N3S2. The summed E-state index contributed by atoms with van der Waals surface area (Å²) in [4.78, 5) is 7.08. The van der Waals surface area contributed by atoms with Gasteiger partial charge >= 0.3 is 0 Å². The van der Waals surface area contributed by atoms with Crippen LogP contribution in [0.2, 0.25) is 0 Å². The summed E-state index contributed by atoms with van der Waals surface area (Å²) in [5, 5.41) is 1.02. The Morgan fingerprint density at radius 3 is 3.25 bits per heavy atom. The molecule has 1 aliphatic rings. The maximum atomic E-state index is 5.77. The van der Waals surface area contributed by atoms with E-state index in [-0.39, 0.29) is 0 Å². The molecule has 0 amide bonds. The molecule has 1 aromatic heterocycles. The van der Waals surface area contributed by atoms with Gasteiger partial charge in [0.15, 0.2) is 4.77 Å². The Balaban J connectivity index is 2.60. The summed E-state index contributed by atoms with van der Waals surface area (Å²) >= 11 is 6.66. The van der Waals surface area contributed by atoms with Crippen molar-refractivity contribution in [2.45, 2.75) is 17.9 Å². The lowest BCUT2D eigenvalue weighted by Gasteiger charge is -2.14. The number of anilines is 1. The van der Waals surface area contributed by atoms with Gasteiger partial charge in [0.1, 0.15) is 10.8 Å². The minimum Gasteiger partial charge on any atom is -0.385 e. The predicted octanol–water partition coefficient (Wildman–Crippen LogP) is 1.76. The Labute approximate surface area is 79.8 Å². The number of aromatic nitrogens is 2. The molecule has 0 fully saturated rings. The Morgan fingerprint density at radius 1 is 1.58 bits per heavy atom. The monoisotopic (exact) mass is 199 g/mol. The van der Waals surface area contributed by atoms with E-state index >= 15 is 0 Å². The number of thioether (sulfide) groups is 1. The number of hydrogen-bond donors (Lipinski definition) is 2. The van der Waals surface area contributed by atoms with Crippen LogP contribution in [0.15, 0.2) is 5.03 Å². The molecule has 0 aliphatic carbocycles. The molecular weight excluding hydrogens is 190 g/mol. The first-order valence-electron chi connectivity index (χ1n) is 3.79. The Hall–Kier alpha value is -0.550. The van der Waals surface area contributed by atoms with Crippen LogP contribution in [0.25, 0.3) is 0 Å². The van der Waals surface area contributed by atoms with Gasteiger partial charge in [-0.2, -0.15) is 0 Å². The van der Waals surface area contributed by atoms with Gasteiger partial charge in [0, 0.05) is 5.56 Å². The first-order valence-corrected chi connectivity index (χ1v) is 5.18. The van der Waals surface area contributed by atoms with Crippen molar-refractivity contribution in [3.63, 3.8) is 0 Å². The van der Waals surface area contributed by atoms with Gasteiger partial charge in [-0.25, -0.2) is 4.98 Å². The molecule has 0 saturated carbocycles. The van der Waals surface area contributed by atoms with Crippen molar-refractivity contribution in [3.8, 4) is 0 Å². The summed E-state index contributed by atoms with van der Waals surface area (Å²) in [7, 11) is 0. The van der Waals surface area contributed by atoms with E-state index < -0.39 is 0 Å². The molecule has 64 valence electrons. The summed E-state index contributed by atoms with van der Waals surface area (Å²) in [6.07, 6.45) is 2.20. The molecule has 3 N–H and O–H groups in total. The maximum Gasteiger partial charge on any atom is 0.199 e. The van der Waals surface area contributed by atoms with Gasteiger partial charge in [-0.3, -0.25) is 0 Å². The highest BCUT2D eigenvalue weighted by molar-refractivity contribution is 7.99. The third-order valence-electron chi connectivity index (χ3n) is 1.84. The first-order chi connectivity index (χ1) is 5.77. The van der Waals surface area contributed by atoms with Gasteiger partial charge in [-0.05, 0) is 30.8 Å². The van der Waals surface area contributed by atoms with Gasteiger partial charge in [-0.1, -0.05) is 0 Å². The van der Waals surface area contributed by atoms with Crippen LogP contribution in [-0.4, -0.2) is 15.7 Å². The fourth-order valence-corrected chi connectivity index (χ4v) is 2.56. The Morgan fingerprint density at radius 2 is 2.42 bits per heavy atom. The average molecular weight is 199 g/mol. The van der Waals surface area contributed by atoms with Gasteiger partial charge in [0.2, 0.25) is 0 Å². The second-order valence-electron chi connectivity index (χ2n) is 2.69. The van der Waals surface area contributed by atoms with Crippen LogP contribution in [0.4, 0.5) is 5.82 Å². The van der Waals surface area contributed by atoms with Crippen molar-refractivity contribution < 1.29 is 0 Å². The molecule has 1 aromatic rings. The van der Waals surface area contributed by atoms with Crippen LogP contribution < -0.4 is 5.73 Å². The minimum absolute atomic E-state index is 0.487.